The lowest BCUT2D eigenvalue weighted by molar-refractivity contribution is -0.122. The minimum absolute atomic E-state index is 0.235. The van der Waals surface area contributed by atoms with Crippen LogP contribution in [0.3, 0.4) is 0 Å². The van der Waals surface area contributed by atoms with E-state index in [0.29, 0.717) is 11.3 Å². The molecule has 2 saturated heterocycles. The zero-order chi connectivity index (χ0) is 19.7. The number of amides is 4. The van der Waals surface area contributed by atoms with E-state index in [1.165, 1.54) is 30.6 Å². The van der Waals surface area contributed by atoms with Gasteiger partial charge in [0.15, 0.2) is 0 Å². The number of pyridine rings is 1. The van der Waals surface area contributed by atoms with E-state index in [0.717, 1.165) is 30.8 Å². The number of anilines is 2. The average Bonchev–Trinajstić information content (AvgIpc) is 3.20. The molecular weight excluding hydrogens is 363 g/mol. The molecule has 1 aromatic carbocycles. The van der Waals surface area contributed by atoms with Gasteiger partial charge in [-0.25, -0.2) is 14.1 Å². The molecule has 8 heteroatoms. The van der Waals surface area contributed by atoms with Crippen LogP contribution >= 0.6 is 0 Å². The summed E-state index contributed by atoms with van der Waals surface area (Å²) >= 11 is 0. The van der Waals surface area contributed by atoms with Crippen LogP contribution in [0.15, 0.2) is 48.3 Å². The fourth-order valence-corrected chi connectivity index (χ4v) is 3.37. The maximum Gasteiger partial charge on any atom is 0.336 e. The van der Waals surface area contributed by atoms with Crippen LogP contribution in [0.4, 0.5) is 20.6 Å². The van der Waals surface area contributed by atoms with Gasteiger partial charge in [0.1, 0.15) is 11.4 Å². The molecule has 1 aromatic heterocycles. The Bertz CT molecular complexity index is 984. The summed E-state index contributed by atoms with van der Waals surface area (Å²) in [5.41, 5.74) is 0.849. The van der Waals surface area contributed by atoms with Crippen LogP contribution in [0.1, 0.15) is 18.4 Å². The number of nitrogens with one attached hydrogen (secondary N) is 1. The number of urea groups is 1. The van der Waals surface area contributed by atoms with Crippen LogP contribution in [-0.2, 0) is 9.59 Å². The summed E-state index contributed by atoms with van der Waals surface area (Å²) in [5, 5.41) is 2.13. The van der Waals surface area contributed by atoms with E-state index >= 15 is 0 Å². The molecule has 142 valence electrons. The van der Waals surface area contributed by atoms with E-state index in [1.807, 2.05) is 4.90 Å². The summed E-state index contributed by atoms with van der Waals surface area (Å²) in [7, 11) is 0. The lowest BCUT2D eigenvalue weighted by atomic mass is 10.1. The SMILES string of the molecule is O=C1NC(=O)N(c2cccnc2)C(=O)/C1=C/c1ccc(N2CCCC2)c(F)c1. The van der Waals surface area contributed by atoms with Crippen molar-refractivity contribution < 1.29 is 18.8 Å². The Morgan fingerprint density at radius 1 is 1.11 bits per heavy atom. The third-order valence-electron chi connectivity index (χ3n) is 4.74. The van der Waals surface area contributed by atoms with E-state index in [9.17, 15) is 18.8 Å². The topological polar surface area (TPSA) is 82.6 Å². The largest absolute Gasteiger partial charge is 0.369 e. The fraction of sp³-hybridized carbons (Fsp3) is 0.200. The van der Waals surface area contributed by atoms with Gasteiger partial charge in [-0.15, -0.1) is 0 Å². The normalized spacial score (nSPS) is 18.8. The van der Waals surface area contributed by atoms with Gasteiger partial charge in [0.05, 0.1) is 17.6 Å². The van der Waals surface area contributed by atoms with E-state index < -0.39 is 23.7 Å². The molecule has 0 spiro atoms. The van der Waals surface area contributed by atoms with Crippen LogP contribution in [-0.4, -0.2) is 35.9 Å². The first kappa shape index (κ1) is 17.8. The molecule has 2 aliphatic rings. The molecule has 7 nitrogen and oxygen atoms in total. The molecule has 0 unspecified atom stereocenters. The molecule has 0 atom stereocenters. The van der Waals surface area contributed by atoms with Crippen molar-refractivity contribution in [2.24, 2.45) is 0 Å². The number of imide groups is 2. The van der Waals surface area contributed by atoms with Crippen molar-refractivity contribution in [3.63, 3.8) is 0 Å². The maximum absolute atomic E-state index is 14.5. The lowest BCUT2D eigenvalue weighted by Crippen LogP contribution is -2.54. The van der Waals surface area contributed by atoms with Crippen LogP contribution in [0.25, 0.3) is 6.08 Å². The third kappa shape index (κ3) is 3.24. The molecule has 3 heterocycles. The molecule has 28 heavy (non-hydrogen) atoms. The summed E-state index contributed by atoms with van der Waals surface area (Å²) in [4.78, 5) is 43.7. The molecule has 4 amide bonds. The minimum Gasteiger partial charge on any atom is -0.369 e. The first-order chi connectivity index (χ1) is 13.5. The Kier molecular flexibility index (Phi) is 4.60. The highest BCUT2D eigenvalue weighted by Gasteiger charge is 2.36. The Morgan fingerprint density at radius 2 is 1.89 bits per heavy atom. The molecule has 1 N–H and O–H groups in total. The number of carbonyl (C=O) groups excluding carboxylic acids is 3. The smallest absolute Gasteiger partial charge is 0.336 e. The number of halogens is 1. The van der Waals surface area contributed by atoms with Gasteiger partial charge >= 0.3 is 6.03 Å². The zero-order valence-corrected chi connectivity index (χ0v) is 14.9. The number of hydrogen-bond acceptors (Lipinski definition) is 5. The number of hydrogen-bond donors (Lipinski definition) is 1. The fourth-order valence-electron chi connectivity index (χ4n) is 3.37. The number of benzene rings is 1. The van der Waals surface area contributed by atoms with Gasteiger partial charge < -0.3 is 4.90 Å². The third-order valence-corrected chi connectivity index (χ3v) is 4.74. The second-order valence-corrected chi connectivity index (χ2v) is 6.57. The van der Waals surface area contributed by atoms with E-state index in [-0.39, 0.29) is 11.3 Å². The quantitative estimate of drug-likeness (QED) is 0.653. The summed E-state index contributed by atoms with van der Waals surface area (Å²) in [6, 6.07) is 6.82. The molecule has 2 aromatic rings. The summed E-state index contributed by atoms with van der Waals surface area (Å²) in [6.07, 6.45) is 6.18. The van der Waals surface area contributed by atoms with Gasteiger partial charge in [-0.2, -0.15) is 0 Å². The summed E-state index contributed by atoms with van der Waals surface area (Å²) in [6.45, 7) is 1.61. The van der Waals surface area contributed by atoms with Crippen molar-refractivity contribution in [2.45, 2.75) is 12.8 Å². The van der Waals surface area contributed by atoms with Gasteiger partial charge in [-0.05, 0) is 48.7 Å². The highest BCUT2D eigenvalue weighted by atomic mass is 19.1. The molecule has 2 fully saturated rings. The van der Waals surface area contributed by atoms with Crippen molar-refractivity contribution in [3.05, 3.63) is 59.7 Å². The monoisotopic (exact) mass is 380 g/mol. The van der Waals surface area contributed by atoms with Crippen LogP contribution in [0, 0.1) is 5.82 Å². The molecule has 0 saturated carbocycles. The number of rotatable bonds is 3. The predicted molar refractivity (Wildman–Crippen MR) is 101 cm³/mol. The zero-order valence-electron chi connectivity index (χ0n) is 14.9. The Hall–Kier alpha value is -3.55. The molecule has 4 rings (SSSR count). The van der Waals surface area contributed by atoms with Crippen LogP contribution in [0.2, 0.25) is 0 Å². The number of aromatic nitrogens is 1. The van der Waals surface area contributed by atoms with Gasteiger partial charge in [-0.3, -0.25) is 19.9 Å². The molecule has 0 radical (unpaired) electrons. The number of carbonyl (C=O) groups is 3. The highest BCUT2D eigenvalue weighted by molar-refractivity contribution is 6.39. The van der Waals surface area contributed by atoms with E-state index in [4.69, 9.17) is 0 Å². The van der Waals surface area contributed by atoms with Gasteiger partial charge in [0.25, 0.3) is 11.8 Å². The Balaban J connectivity index is 1.66. The van der Waals surface area contributed by atoms with Gasteiger partial charge in [0, 0.05) is 19.3 Å². The van der Waals surface area contributed by atoms with E-state index in [1.54, 1.807) is 18.2 Å². The highest BCUT2D eigenvalue weighted by Crippen LogP contribution is 2.26. The minimum atomic E-state index is -0.851. The predicted octanol–water partition coefficient (Wildman–Crippen LogP) is 2.49. The summed E-state index contributed by atoms with van der Waals surface area (Å²) in [5.74, 6) is -2.02. The molecule has 2 aliphatic heterocycles. The van der Waals surface area contributed by atoms with Crippen LogP contribution in [0.5, 0.6) is 0 Å². The second-order valence-electron chi connectivity index (χ2n) is 6.57. The van der Waals surface area contributed by atoms with Crippen molar-refractivity contribution in [1.29, 1.82) is 0 Å². The van der Waals surface area contributed by atoms with Gasteiger partial charge in [-0.1, -0.05) is 6.07 Å². The average molecular weight is 380 g/mol. The maximum atomic E-state index is 14.5. The number of nitrogens with zero attached hydrogens (tertiary/aromatic N) is 3. The summed E-state index contributed by atoms with van der Waals surface area (Å²) < 4.78 is 14.5. The lowest BCUT2D eigenvalue weighted by Gasteiger charge is -2.26. The molecule has 0 aliphatic carbocycles. The number of barbiturate groups is 1. The van der Waals surface area contributed by atoms with E-state index in [2.05, 4.69) is 10.3 Å². The molecule has 0 bridgehead atoms. The van der Waals surface area contributed by atoms with Crippen molar-refractivity contribution in [3.8, 4) is 0 Å². The van der Waals surface area contributed by atoms with Crippen molar-refractivity contribution in [1.82, 2.24) is 10.3 Å². The second kappa shape index (κ2) is 7.22. The standard InChI is InChI=1S/C20H17FN4O3/c21-16-11-13(5-6-17(16)24-8-1-2-9-24)10-15-18(26)23-20(28)25(19(15)27)14-4-3-7-22-12-14/h3-7,10-12H,1-2,8-9H2,(H,23,26,28)/b15-10+. The first-order valence-electron chi connectivity index (χ1n) is 8.90. The first-order valence-corrected chi connectivity index (χ1v) is 8.90. The van der Waals surface area contributed by atoms with Crippen molar-refractivity contribution in [2.75, 3.05) is 22.9 Å². The Morgan fingerprint density at radius 3 is 2.57 bits per heavy atom. The Labute approximate surface area is 160 Å². The van der Waals surface area contributed by atoms with Gasteiger partial charge in [0.2, 0.25) is 0 Å². The molecular formula is C20H17FN4O3. The van der Waals surface area contributed by atoms with Crippen molar-refractivity contribution >= 4 is 35.3 Å². The van der Waals surface area contributed by atoms with Crippen LogP contribution < -0.4 is 15.1 Å².